The molecule has 0 amide bonds. The van der Waals surface area contributed by atoms with Gasteiger partial charge in [-0.3, -0.25) is 0 Å². The lowest BCUT2D eigenvalue weighted by Crippen LogP contribution is -2.22. The van der Waals surface area contributed by atoms with Gasteiger partial charge in [-0.15, -0.1) is 0 Å². The molecule has 1 N–H and O–H groups in total. The Balaban J connectivity index is 2.08. The number of benzene rings is 1. The number of nitrogens with one attached hydrogen (secondary N) is 1. The van der Waals surface area contributed by atoms with Gasteiger partial charge in [0.25, 0.3) is 0 Å². The Morgan fingerprint density at radius 2 is 2.00 bits per heavy atom. The minimum atomic E-state index is -4.24. The molecule has 3 rings (SSSR count). The van der Waals surface area contributed by atoms with Crippen molar-refractivity contribution in [3.05, 3.63) is 35.4 Å². The molecule has 1 nitrogen and oxygen atoms in total. The molecule has 86 valence electrons. The monoisotopic (exact) mass is 227 g/mol. The molecule has 0 unspecified atom stereocenters. The topological polar surface area (TPSA) is 12.0 Å². The minimum Gasteiger partial charge on any atom is -0.316 e. The lowest BCUT2D eigenvalue weighted by atomic mass is 9.90. The van der Waals surface area contributed by atoms with Crippen LogP contribution in [0, 0.1) is 5.92 Å². The molecule has 2 atom stereocenters. The Kier molecular flexibility index (Phi) is 1.90. The Hall–Kier alpha value is -1.03. The Bertz CT molecular complexity index is 427. The first-order valence-electron chi connectivity index (χ1n) is 5.41. The van der Waals surface area contributed by atoms with Crippen molar-refractivity contribution in [3.63, 3.8) is 0 Å². The first-order chi connectivity index (χ1) is 7.54. The van der Waals surface area contributed by atoms with Crippen molar-refractivity contribution in [2.45, 2.75) is 18.0 Å². The van der Waals surface area contributed by atoms with E-state index in [0.717, 1.165) is 13.0 Å². The summed E-state index contributed by atoms with van der Waals surface area (Å²) in [6, 6.07) is 5.99. The number of halogens is 3. The lowest BCUT2D eigenvalue weighted by molar-refractivity contribution is -0.138. The number of hydrogen-bond donors (Lipinski definition) is 1. The number of alkyl halides is 3. The summed E-state index contributed by atoms with van der Waals surface area (Å²) < 4.78 is 38.6. The molecular weight excluding hydrogens is 215 g/mol. The van der Waals surface area contributed by atoms with Gasteiger partial charge < -0.3 is 5.32 Å². The van der Waals surface area contributed by atoms with E-state index in [1.165, 1.54) is 12.1 Å². The van der Waals surface area contributed by atoms with E-state index in [1.807, 2.05) is 0 Å². The normalized spacial score (nSPS) is 32.6. The fourth-order valence-corrected chi connectivity index (χ4v) is 2.92. The Morgan fingerprint density at radius 1 is 1.25 bits per heavy atom. The molecule has 1 aliphatic carbocycles. The van der Waals surface area contributed by atoms with Crippen molar-refractivity contribution in [2.75, 3.05) is 13.1 Å². The van der Waals surface area contributed by atoms with Gasteiger partial charge in [0.2, 0.25) is 0 Å². The van der Waals surface area contributed by atoms with Gasteiger partial charge >= 0.3 is 6.18 Å². The first-order valence-corrected chi connectivity index (χ1v) is 5.41. The molecule has 0 aromatic heterocycles. The lowest BCUT2D eigenvalue weighted by Gasteiger charge is -2.19. The average molecular weight is 227 g/mol. The third kappa shape index (κ3) is 1.29. The fourth-order valence-electron chi connectivity index (χ4n) is 2.92. The van der Waals surface area contributed by atoms with Crippen LogP contribution in [0.5, 0.6) is 0 Å². The molecule has 2 fully saturated rings. The summed E-state index contributed by atoms with van der Waals surface area (Å²) in [5, 5.41) is 3.17. The van der Waals surface area contributed by atoms with Crippen molar-refractivity contribution in [1.29, 1.82) is 0 Å². The smallest absolute Gasteiger partial charge is 0.316 e. The summed E-state index contributed by atoms with van der Waals surface area (Å²) in [4.78, 5) is 0. The molecule has 0 radical (unpaired) electrons. The van der Waals surface area contributed by atoms with Crippen LogP contribution in [-0.4, -0.2) is 13.1 Å². The largest absolute Gasteiger partial charge is 0.416 e. The molecule has 1 aromatic carbocycles. The molecule has 4 heteroatoms. The van der Waals surface area contributed by atoms with Crippen LogP contribution in [0.4, 0.5) is 13.2 Å². The van der Waals surface area contributed by atoms with Gasteiger partial charge in [-0.1, -0.05) is 18.2 Å². The molecule has 16 heavy (non-hydrogen) atoms. The van der Waals surface area contributed by atoms with Gasteiger partial charge in [-0.2, -0.15) is 13.2 Å². The number of fused-ring (bicyclic) bond motifs is 1. The molecule has 1 aliphatic heterocycles. The second-order valence-electron chi connectivity index (χ2n) is 4.73. The van der Waals surface area contributed by atoms with E-state index in [2.05, 4.69) is 5.32 Å². The number of piperidine rings is 1. The van der Waals surface area contributed by atoms with Crippen LogP contribution < -0.4 is 5.32 Å². The second-order valence-corrected chi connectivity index (χ2v) is 4.73. The van der Waals surface area contributed by atoms with Crippen molar-refractivity contribution in [2.24, 2.45) is 5.92 Å². The van der Waals surface area contributed by atoms with Crippen LogP contribution in [-0.2, 0) is 11.6 Å². The zero-order valence-electron chi connectivity index (χ0n) is 8.64. The van der Waals surface area contributed by atoms with Crippen molar-refractivity contribution in [1.82, 2.24) is 5.32 Å². The highest BCUT2D eigenvalue weighted by molar-refractivity contribution is 5.43. The maximum absolute atomic E-state index is 12.9. The van der Waals surface area contributed by atoms with Gasteiger partial charge in [-0.25, -0.2) is 0 Å². The van der Waals surface area contributed by atoms with E-state index in [9.17, 15) is 13.2 Å². The highest BCUT2D eigenvalue weighted by Crippen LogP contribution is 2.58. The highest BCUT2D eigenvalue weighted by Gasteiger charge is 2.60. The molecule has 1 saturated heterocycles. The summed E-state index contributed by atoms with van der Waals surface area (Å²) in [7, 11) is 0. The van der Waals surface area contributed by atoms with Crippen molar-refractivity contribution >= 4 is 0 Å². The van der Waals surface area contributed by atoms with E-state index in [-0.39, 0.29) is 5.41 Å². The summed E-state index contributed by atoms with van der Waals surface area (Å²) in [5.74, 6) is 0.399. The molecule has 0 spiro atoms. The van der Waals surface area contributed by atoms with Crippen LogP contribution in [0.25, 0.3) is 0 Å². The molecule has 2 aliphatic rings. The molecule has 1 heterocycles. The van der Waals surface area contributed by atoms with Crippen LogP contribution in [0.2, 0.25) is 0 Å². The second kappa shape index (κ2) is 3.00. The Morgan fingerprint density at radius 3 is 2.56 bits per heavy atom. The zero-order chi connectivity index (χ0) is 11.4. The van der Waals surface area contributed by atoms with Crippen LogP contribution >= 0.6 is 0 Å². The van der Waals surface area contributed by atoms with Gasteiger partial charge in [0, 0.05) is 12.0 Å². The number of hydrogen-bond acceptors (Lipinski definition) is 1. The Labute approximate surface area is 91.7 Å². The molecule has 1 saturated carbocycles. The summed E-state index contributed by atoms with van der Waals surface area (Å²) in [5.41, 5.74) is -0.203. The highest BCUT2D eigenvalue weighted by atomic mass is 19.4. The van der Waals surface area contributed by atoms with Gasteiger partial charge in [0.15, 0.2) is 0 Å². The van der Waals surface area contributed by atoms with E-state index < -0.39 is 11.7 Å². The first kappa shape index (κ1) is 10.1. The summed E-state index contributed by atoms with van der Waals surface area (Å²) in [6.45, 7) is 1.54. The van der Waals surface area contributed by atoms with Gasteiger partial charge in [0.05, 0.1) is 5.56 Å². The van der Waals surface area contributed by atoms with E-state index in [0.29, 0.717) is 18.0 Å². The van der Waals surface area contributed by atoms with Crippen molar-refractivity contribution < 1.29 is 13.2 Å². The standard InChI is InChI=1S/C12H12F3N/c13-12(14,15)10-4-2-1-3-9(10)11-5-8(11)6-16-7-11/h1-4,8,16H,5-7H2/t8-,11-/m1/s1. The zero-order valence-corrected chi connectivity index (χ0v) is 8.64. The van der Waals surface area contributed by atoms with E-state index in [1.54, 1.807) is 12.1 Å². The molecule has 1 aromatic rings. The van der Waals surface area contributed by atoms with Gasteiger partial charge in [0.1, 0.15) is 0 Å². The predicted octanol–water partition coefficient (Wildman–Crippen LogP) is 2.57. The maximum Gasteiger partial charge on any atom is 0.416 e. The van der Waals surface area contributed by atoms with Gasteiger partial charge in [-0.05, 0) is 30.5 Å². The molecule has 0 bridgehead atoms. The number of rotatable bonds is 1. The predicted molar refractivity (Wildman–Crippen MR) is 54.1 cm³/mol. The third-order valence-corrected chi connectivity index (χ3v) is 3.83. The quantitative estimate of drug-likeness (QED) is 0.777. The van der Waals surface area contributed by atoms with E-state index >= 15 is 0 Å². The van der Waals surface area contributed by atoms with Crippen molar-refractivity contribution in [3.8, 4) is 0 Å². The van der Waals surface area contributed by atoms with Crippen LogP contribution in [0.1, 0.15) is 17.5 Å². The van der Waals surface area contributed by atoms with Crippen LogP contribution in [0.15, 0.2) is 24.3 Å². The average Bonchev–Trinajstić information content (AvgIpc) is 2.81. The van der Waals surface area contributed by atoms with Crippen LogP contribution in [0.3, 0.4) is 0 Å². The summed E-state index contributed by atoms with van der Waals surface area (Å²) in [6.07, 6.45) is -3.34. The maximum atomic E-state index is 12.9. The SMILES string of the molecule is FC(F)(F)c1ccccc1[C@]12CNC[C@H]1C2. The third-order valence-electron chi connectivity index (χ3n) is 3.83. The summed E-state index contributed by atoms with van der Waals surface area (Å²) >= 11 is 0. The molecular formula is C12H12F3N. The van der Waals surface area contributed by atoms with E-state index in [4.69, 9.17) is 0 Å². The fraction of sp³-hybridized carbons (Fsp3) is 0.500. The minimum absolute atomic E-state index is 0.230.